The number of nitrogens with zero attached hydrogens (tertiary/aromatic N) is 1. The zero-order valence-corrected chi connectivity index (χ0v) is 7.96. The summed E-state index contributed by atoms with van der Waals surface area (Å²) in [4.78, 5) is 22.1. The first-order chi connectivity index (χ1) is 3.70. The summed E-state index contributed by atoms with van der Waals surface area (Å²) in [6.45, 7) is 1.31. The Hall–Kier alpha value is 0.114. The topological polar surface area (TPSA) is 37.4 Å². The standard InChI is InChI=1S/C5H6NO2.Y/c1-6-3-4(7)2-5(6)8;/h3H,2H2,1H3;/q-1;+3. The molecule has 0 aliphatic carbocycles. The molecule has 4 heteroatoms. The summed E-state index contributed by atoms with van der Waals surface area (Å²) in [5.41, 5.74) is 0. The predicted molar refractivity (Wildman–Crippen MR) is 26.7 cm³/mol. The number of carbonyl (C=O) groups is 2. The van der Waals surface area contributed by atoms with Crippen molar-refractivity contribution in [3.63, 3.8) is 0 Å². The van der Waals surface area contributed by atoms with Crippen LogP contribution in [-0.2, 0) is 42.3 Å². The van der Waals surface area contributed by atoms with Crippen LogP contribution >= 0.6 is 0 Å². The molecule has 1 fully saturated rings. The van der Waals surface area contributed by atoms with Gasteiger partial charge in [-0.1, -0.05) is 0 Å². The van der Waals surface area contributed by atoms with Crippen LogP contribution in [0.15, 0.2) is 0 Å². The number of likely N-dealkylation sites (tertiary alicyclic amines) is 1. The maximum Gasteiger partial charge on any atom is 3.00 e. The number of likely N-dealkylation sites (N-methyl/N-ethyl adjacent to an activating group) is 1. The monoisotopic (exact) mass is 201 g/mol. The zero-order valence-electron chi connectivity index (χ0n) is 5.13. The fourth-order valence-corrected chi connectivity index (χ4v) is 0.607. The van der Waals surface area contributed by atoms with Crippen LogP contribution < -0.4 is 0 Å². The molecule has 1 heterocycles. The molecule has 44 valence electrons. The second-order valence-corrected chi connectivity index (χ2v) is 1.78. The van der Waals surface area contributed by atoms with E-state index in [0.717, 1.165) is 0 Å². The van der Waals surface area contributed by atoms with Crippen LogP contribution in [0, 0.1) is 6.54 Å². The third-order valence-corrected chi connectivity index (χ3v) is 1.06. The molecule has 0 aromatic carbocycles. The van der Waals surface area contributed by atoms with Crippen molar-refractivity contribution in [2.45, 2.75) is 6.42 Å². The van der Waals surface area contributed by atoms with E-state index in [9.17, 15) is 9.59 Å². The molecule has 1 aliphatic rings. The molecule has 1 saturated heterocycles. The van der Waals surface area contributed by atoms with Gasteiger partial charge in [-0.3, -0.25) is 4.79 Å². The van der Waals surface area contributed by atoms with E-state index in [4.69, 9.17) is 0 Å². The van der Waals surface area contributed by atoms with Crippen LogP contribution in [0.4, 0.5) is 0 Å². The van der Waals surface area contributed by atoms with Crippen molar-refractivity contribution in [2.75, 3.05) is 7.05 Å². The van der Waals surface area contributed by atoms with Gasteiger partial charge in [0.2, 0.25) is 5.91 Å². The fourth-order valence-electron chi connectivity index (χ4n) is 0.607. The second-order valence-electron chi connectivity index (χ2n) is 1.78. The van der Waals surface area contributed by atoms with Crippen molar-refractivity contribution >= 4 is 11.7 Å². The van der Waals surface area contributed by atoms with Gasteiger partial charge in [-0.25, -0.2) is 6.54 Å². The minimum Gasteiger partial charge on any atom is -0.473 e. The van der Waals surface area contributed by atoms with Crippen LogP contribution in [0.5, 0.6) is 0 Å². The molecule has 0 unspecified atom stereocenters. The fraction of sp³-hybridized carbons (Fsp3) is 0.400. The normalized spacial score (nSPS) is 17.2. The Balaban J connectivity index is 0.000000640. The molecule has 0 atom stereocenters. The van der Waals surface area contributed by atoms with Crippen molar-refractivity contribution < 1.29 is 42.3 Å². The van der Waals surface area contributed by atoms with E-state index in [1.807, 2.05) is 0 Å². The number of Topliss-reactive ketones (excluding diaryl/α,β-unsaturated/α-hetero) is 1. The van der Waals surface area contributed by atoms with Crippen molar-refractivity contribution in [1.82, 2.24) is 4.90 Å². The van der Waals surface area contributed by atoms with Crippen LogP contribution in [-0.4, -0.2) is 23.6 Å². The first kappa shape index (κ1) is 9.11. The smallest absolute Gasteiger partial charge is 0.473 e. The van der Waals surface area contributed by atoms with E-state index in [1.54, 1.807) is 7.05 Å². The Labute approximate surface area is 78.7 Å². The summed E-state index contributed by atoms with van der Waals surface area (Å²) in [6, 6.07) is 0. The molecule has 9 heavy (non-hydrogen) atoms. The Morgan fingerprint density at radius 2 is 2.11 bits per heavy atom. The Morgan fingerprint density at radius 1 is 1.56 bits per heavy atom. The third kappa shape index (κ3) is 2.07. The van der Waals surface area contributed by atoms with E-state index in [2.05, 4.69) is 0 Å². The molecule has 0 bridgehead atoms. The van der Waals surface area contributed by atoms with Crippen molar-refractivity contribution in [2.24, 2.45) is 0 Å². The molecule has 1 amide bonds. The summed E-state index contributed by atoms with van der Waals surface area (Å²) < 4.78 is 0. The molecular formula is C5H6NO2Y+2. The molecule has 0 aromatic heterocycles. The molecule has 0 N–H and O–H groups in total. The molecule has 1 aliphatic heterocycles. The Bertz CT molecular complexity index is 146. The number of ketones is 1. The SMILES string of the molecule is CN1[CH-]C(=O)CC1=O.[Y+3]. The van der Waals surface area contributed by atoms with Gasteiger partial charge < -0.3 is 9.69 Å². The first-order valence-electron chi connectivity index (χ1n) is 2.33. The summed E-state index contributed by atoms with van der Waals surface area (Å²) in [6.07, 6.45) is 0.0521. The van der Waals surface area contributed by atoms with Gasteiger partial charge in [0.05, 0.1) is 6.42 Å². The molecule has 0 spiro atoms. The summed E-state index contributed by atoms with van der Waals surface area (Å²) in [7, 11) is 1.58. The zero-order chi connectivity index (χ0) is 6.15. The van der Waals surface area contributed by atoms with Crippen LogP contribution in [0.25, 0.3) is 0 Å². The van der Waals surface area contributed by atoms with Gasteiger partial charge in [-0.2, -0.15) is 0 Å². The molecule has 1 rings (SSSR count). The van der Waals surface area contributed by atoms with Crippen LogP contribution in [0.3, 0.4) is 0 Å². The molecular weight excluding hydrogens is 195 g/mol. The average molecular weight is 201 g/mol. The largest absolute Gasteiger partial charge is 3.00 e. The first-order valence-corrected chi connectivity index (χ1v) is 2.33. The van der Waals surface area contributed by atoms with Gasteiger partial charge >= 0.3 is 32.7 Å². The number of rotatable bonds is 0. The number of carbonyl (C=O) groups excluding carboxylic acids is 2. The Morgan fingerprint density at radius 3 is 2.22 bits per heavy atom. The van der Waals surface area contributed by atoms with Crippen molar-refractivity contribution in [3.05, 3.63) is 6.54 Å². The average Bonchev–Trinajstić information content (AvgIpc) is 1.85. The van der Waals surface area contributed by atoms with Crippen molar-refractivity contribution in [1.29, 1.82) is 0 Å². The van der Waals surface area contributed by atoms with Crippen LogP contribution in [0.1, 0.15) is 6.42 Å². The second kappa shape index (κ2) is 3.32. The van der Waals surface area contributed by atoms with Crippen LogP contribution in [0.2, 0.25) is 0 Å². The maximum atomic E-state index is 10.5. The van der Waals surface area contributed by atoms with E-state index < -0.39 is 0 Å². The van der Waals surface area contributed by atoms with Gasteiger partial charge in [-0.05, 0) is 7.05 Å². The minimum atomic E-state index is -0.116. The van der Waals surface area contributed by atoms with Gasteiger partial charge in [0, 0.05) is 5.78 Å². The van der Waals surface area contributed by atoms with E-state index in [1.165, 1.54) is 11.4 Å². The van der Waals surface area contributed by atoms with E-state index in [0.29, 0.717) is 0 Å². The molecule has 0 saturated carbocycles. The predicted octanol–water partition coefficient (Wildman–Crippen LogP) is -0.423. The van der Waals surface area contributed by atoms with Gasteiger partial charge in [-0.15, -0.1) is 0 Å². The molecule has 3 nitrogen and oxygen atoms in total. The van der Waals surface area contributed by atoms with Gasteiger partial charge in [0.25, 0.3) is 0 Å². The number of hydrogen-bond donors (Lipinski definition) is 0. The Kier molecular flexibility index (Phi) is 3.37. The number of amides is 1. The van der Waals surface area contributed by atoms with Gasteiger partial charge in [0.1, 0.15) is 0 Å². The van der Waals surface area contributed by atoms with E-state index >= 15 is 0 Å². The van der Waals surface area contributed by atoms with Crippen molar-refractivity contribution in [3.8, 4) is 0 Å². The summed E-state index contributed by atoms with van der Waals surface area (Å²) in [5, 5.41) is 0. The van der Waals surface area contributed by atoms with E-state index in [-0.39, 0.29) is 50.8 Å². The quantitative estimate of drug-likeness (QED) is 0.394. The third-order valence-electron chi connectivity index (χ3n) is 1.06. The molecule has 0 aromatic rings. The van der Waals surface area contributed by atoms with Gasteiger partial charge in [0.15, 0.2) is 0 Å². The molecule has 0 radical (unpaired) electrons. The maximum absolute atomic E-state index is 10.5. The number of hydrogen-bond acceptors (Lipinski definition) is 2. The summed E-state index contributed by atoms with van der Waals surface area (Å²) >= 11 is 0. The minimum absolute atomic E-state index is 0. The summed E-state index contributed by atoms with van der Waals surface area (Å²) in [5.74, 6) is -0.215.